The van der Waals surface area contributed by atoms with Crippen molar-refractivity contribution in [1.82, 2.24) is 9.78 Å². The lowest BCUT2D eigenvalue weighted by Gasteiger charge is -2.12. The molecule has 0 unspecified atom stereocenters. The van der Waals surface area contributed by atoms with Crippen LogP contribution >= 0.6 is 15.9 Å². The summed E-state index contributed by atoms with van der Waals surface area (Å²) in [4.78, 5) is 12.6. The van der Waals surface area contributed by atoms with Gasteiger partial charge in [0.1, 0.15) is 0 Å². The molecule has 0 amide bonds. The highest BCUT2D eigenvalue weighted by Gasteiger charge is 2.18. The van der Waals surface area contributed by atoms with Gasteiger partial charge in [-0.15, -0.1) is 0 Å². The number of aromatic nitrogens is 2. The second-order valence-electron chi connectivity index (χ2n) is 6.59. The minimum atomic E-state index is -0.403. The fourth-order valence-corrected chi connectivity index (χ4v) is 2.88. The Morgan fingerprint density at radius 1 is 1.12 bits per heavy atom. The van der Waals surface area contributed by atoms with E-state index in [9.17, 15) is 4.79 Å². The molecule has 0 spiro atoms. The van der Waals surface area contributed by atoms with Crippen molar-refractivity contribution < 1.29 is 9.53 Å². The van der Waals surface area contributed by atoms with E-state index in [1.54, 1.807) is 16.8 Å². The van der Waals surface area contributed by atoms with Crippen molar-refractivity contribution in [1.29, 1.82) is 0 Å². The lowest BCUT2D eigenvalue weighted by atomic mass is 10.1. The van der Waals surface area contributed by atoms with Crippen LogP contribution in [0, 0.1) is 13.8 Å². The van der Waals surface area contributed by atoms with E-state index in [-0.39, 0.29) is 5.92 Å². The van der Waals surface area contributed by atoms with Crippen molar-refractivity contribution in [3.8, 4) is 11.6 Å². The lowest BCUT2D eigenvalue weighted by Crippen LogP contribution is -2.12. The van der Waals surface area contributed by atoms with E-state index in [4.69, 9.17) is 4.74 Å². The summed E-state index contributed by atoms with van der Waals surface area (Å²) >= 11 is 3.37. The fraction of sp³-hybridized carbons (Fsp3) is 0.238. The minimum absolute atomic E-state index is 0.228. The van der Waals surface area contributed by atoms with E-state index < -0.39 is 5.97 Å². The molecular formula is C21H21BrN2O2. The van der Waals surface area contributed by atoms with Crippen LogP contribution in [-0.4, -0.2) is 15.7 Å². The van der Waals surface area contributed by atoms with E-state index >= 15 is 0 Å². The first-order valence-corrected chi connectivity index (χ1v) is 9.30. The largest absolute Gasteiger partial charge is 0.404 e. The highest BCUT2D eigenvalue weighted by molar-refractivity contribution is 9.10. The van der Waals surface area contributed by atoms with Gasteiger partial charge in [-0.25, -0.2) is 9.48 Å². The highest BCUT2D eigenvalue weighted by atomic mass is 79.9. The molecule has 0 aliphatic rings. The van der Waals surface area contributed by atoms with Crippen LogP contribution in [0.1, 0.15) is 46.9 Å². The van der Waals surface area contributed by atoms with Gasteiger partial charge in [0.15, 0.2) is 0 Å². The predicted molar refractivity (Wildman–Crippen MR) is 106 cm³/mol. The molecule has 1 heterocycles. The number of esters is 1. The molecule has 0 atom stereocenters. The maximum absolute atomic E-state index is 12.6. The van der Waals surface area contributed by atoms with Gasteiger partial charge in [0.05, 0.1) is 16.9 Å². The smallest absolute Gasteiger partial charge is 0.344 e. The van der Waals surface area contributed by atoms with Gasteiger partial charge in [-0.1, -0.05) is 41.9 Å². The second kappa shape index (κ2) is 7.46. The molecule has 3 aromatic rings. The maximum atomic E-state index is 12.6. The standard InChI is InChI=1S/C21H21BrN2O2/c1-13(2)18-12-20(26-21(25)16-8-10-17(22)11-9-16)24(23-18)19-7-5-6-14(3)15(19)4/h5-13H,1-4H3. The summed E-state index contributed by atoms with van der Waals surface area (Å²) in [5, 5.41) is 4.67. The summed E-state index contributed by atoms with van der Waals surface area (Å²) in [5.74, 6) is 0.251. The zero-order chi connectivity index (χ0) is 18.8. The number of aryl methyl sites for hydroxylation is 1. The summed E-state index contributed by atoms with van der Waals surface area (Å²) in [6.07, 6.45) is 0. The van der Waals surface area contributed by atoms with Crippen LogP contribution < -0.4 is 4.74 Å². The monoisotopic (exact) mass is 412 g/mol. The van der Waals surface area contributed by atoms with Gasteiger partial charge in [-0.2, -0.15) is 5.10 Å². The second-order valence-corrected chi connectivity index (χ2v) is 7.51. The van der Waals surface area contributed by atoms with Crippen molar-refractivity contribution in [3.63, 3.8) is 0 Å². The molecule has 0 saturated carbocycles. The van der Waals surface area contributed by atoms with Gasteiger partial charge in [-0.05, 0) is 61.2 Å². The summed E-state index contributed by atoms with van der Waals surface area (Å²) in [6.45, 7) is 8.23. The number of nitrogens with zero attached hydrogens (tertiary/aromatic N) is 2. The van der Waals surface area contributed by atoms with Crippen LogP contribution in [0.2, 0.25) is 0 Å². The predicted octanol–water partition coefficient (Wildman–Crippen LogP) is 5.59. The summed E-state index contributed by atoms with van der Waals surface area (Å²) < 4.78 is 8.33. The van der Waals surface area contributed by atoms with Crippen LogP contribution in [0.25, 0.3) is 5.69 Å². The van der Waals surface area contributed by atoms with Crippen molar-refractivity contribution in [2.24, 2.45) is 0 Å². The summed E-state index contributed by atoms with van der Waals surface area (Å²) in [6, 6.07) is 15.0. The topological polar surface area (TPSA) is 44.1 Å². The number of rotatable bonds is 4. The lowest BCUT2D eigenvalue weighted by molar-refractivity contribution is 0.0723. The maximum Gasteiger partial charge on any atom is 0.344 e. The summed E-state index contributed by atoms with van der Waals surface area (Å²) in [7, 11) is 0. The first-order chi connectivity index (χ1) is 12.4. The Labute approximate surface area is 161 Å². The number of hydrogen-bond acceptors (Lipinski definition) is 3. The molecule has 4 nitrogen and oxygen atoms in total. The van der Waals surface area contributed by atoms with Gasteiger partial charge in [-0.3, -0.25) is 0 Å². The van der Waals surface area contributed by atoms with E-state index in [0.29, 0.717) is 11.4 Å². The third kappa shape index (κ3) is 3.73. The molecular weight excluding hydrogens is 392 g/mol. The Kier molecular flexibility index (Phi) is 5.28. The Morgan fingerprint density at radius 2 is 1.81 bits per heavy atom. The first-order valence-electron chi connectivity index (χ1n) is 8.51. The van der Waals surface area contributed by atoms with Gasteiger partial charge in [0, 0.05) is 10.5 Å². The Morgan fingerprint density at radius 3 is 2.46 bits per heavy atom. The molecule has 0 aliphatic carbocycles. The van der Waals surface area contributed by atoms with Crippen molar-refractivity contribution in [2.75, 3.05) is 0 Å². The highest BCUT2D eigenvalue weighted by Crippen LogP contribution is 2.27. The van der Waals surface area contributed by atoms with Crippen LogP contribution in [0.4, 0.5) is 0 Å². The van der Waals surface area contributed by atoms with Gasteiger partial charge < -0.3 is 4.74 Å². The van der Waals surface area contributed by atoms with E-state index in [1.807, 2.05) is 37.3 Å². The molecule has 1 aromatic heterocycles. The number of halogens is 1. The molecule has 2 aromatic carbocycles. The molecule has 26 heavy (non-hydrogen) atoms. The van der Waals surface area contributed by atoms with Crippen molar-refractivity contribution >= 4 is 21.9 Å². The molecule has 0 saturated heterocycles. The zero-order valence-corrected chi connectivity index (χ0v) is 16.9. The Balaban J connectivity index is 2.02. The zero-order valence-electron chi connectivity index (χ0n) is 15.3. The van der Waals surface area contributed by atoms with Crippen LogP contribution in [0.5, 0.6) is 5.88 Å². The van der Waals surface area contributed by atoms with Gasteiger partial charge in [0.2, 0.25) is 5.88 Å². The average Bonchev–Trinajstić information content (AvgIpc) is 3.02. The molecule has 0 fully saturated rings. The molecule has 3 rings (SSSR count). The van der Waals surface area contributed by atoms with Crippen LogP contribution in [0.15, 0.2) is 53.0 Å². The minimum Gasteiger partial charge on any atom is -0.404 e. The van der Waals surface area contributed by atoms with Crippen LogP contribution in [0.3, 0.4) is 0 Å². The SMILES string of the molecule is Cc1cccc(-n2nc(C(C)C)cc2OC(=O)c2ccc(Br)cc2)c1C. The normalized spacial score (nSPS) is 11.0. The molecule has 0 N–H and O–H groups in total. The van der Waals surface area contributed by atoms with Gasteiger partial charge in [0.25, 0.3) is 0 Å². The summed E-state index contributed by atoms with van der Waals surface area (Å²) in [5.41, 5.74) is 4.55. The van der Waals surface area contributed by atoms with Crippen molar-refractivity contribution in [3.05, 3.63) is 75.4 Å². The number of carbonyl (C=O) groups excluding carboxylic acids is 1. The molecule has 134 valence electrons. The molecule has 0 aliphatic heterocycles. The van der Waals surface area contributed by atoms with E-state index in [2.05, 4.69) is 47.9 Å². The van der Waals surface area contributed by atoms with Crippen molar-refractivity contribution in [2.45, 2.75) is 33.6 Å². The third-order valence-electron chi connectivity index (χ3n) is 4.37. The van der Waals surface area contributed by atoms with E-state index in [0.717, 1.165) is 27.0 Å². The molecule has 0 radical (unpaired) electrons. The number of carbonyl (C=O) groups is 1. The fourth-order valence-electron chi connectivity index (χ4n) is 2.61. The number of ether oxygens (including phenoxy) is 1. The van der Waals surface area contributed by atoms with Gasteiger partial charge >= 0.3 is 5.97 Å². The Hall–Kier alpha value is -2.40. The Bertz CT molecular complexity index is 943. The molecule has 0 bridgehead atoms. The average molecular weight is 413 g/mol. The third-order valence-corrected chi connectivity index (χ3v) is 4.90. The first kappa shape index (κ1) is 18.4. The number of benzene rings is 2. The number of hydrogen-bond donors (Lipinski definition) is 0. The quantitative estimate of drug-likeness (QED) is 0.524. The molecule has 5 heteroatoms. The van der Waals surface area contributed by atoms with E-state index in [1.165, 1.54) is 0 Å². The van der Waals surface area contributed by atoms with Crippen LogP contribution in [-0.2, 0) is 0 Å².